The number of rotatable bonds is 3. The molecule has 2 nitrogen and oxygen atoms in total. The molecule has 0 amide bonds. The van der Waals surface area contributed by atoms with E-state index in [0.717, 1.165) is 15.8 Å². The largest absolute Gasteiger partial charge is 0.489 e. The van der Waals surface area contributed by atoms with Crippen molar-refractivity contribution in [2.24, 2.45) is 0 Å². The van der Waals surface area contributed by atoms with Crippen molar-refractivity contribution in [1.29, 1.82) is 0 Å². The molecular formula is C12H10BrNO. The van der Waals surface area contributed by atoms with Crippen LogP contribution in [0.2, 0.25) is 0 Å². The topological polar surface area (TPSA) is 22.1 Å². The van der Waals surface area contributed by atoms with Crippen molar-refractivity contribution in [2.45, 2.75) is 6.61 Å². The Morgan fingerprint density at radius 3 is 2.67 bits per heavy atom. The molecule has 0 aliphatic carbocycles. The minimum Gasteiger partial charge on any atom is -0.489 e. The van der Waals surface area contributed by atoms with Gasteiger partial charge in [-0.3, -0.25) is 4.98 Å². The van der Waals surface area contributed by atoms with Crippen molar-refractivity contribution < 1.29 is 4.74 Å². The molecule has 1 aromatic carbocycles. The molecule has 0 saturated heterocycles. The molecule has 0 spiro atoms. The standard InChI is InChI=1S/C12H10BrNO/c13-12-6-7-14-8-10(12)9-15-11-4-2-1-3-5-11/h1-8H,9H2. The highest BCUT2D eigenvalue weighted by Gasteiger charge is 1.99. The van der Waals surface area contributed by atoms with E-state index in [1.54, 1.807) is 12.4 Å². The van der Waals surface area contributed by atoms with E-state index < -0.39 is 0 Å². The first kappa shape index (κ1) is 10.2. The van der Waals surface area contributed by atoms with Gasteiger partial charge in [-0.15, -0.1) is 0 Å². The van der Waals surface area contributed by atoms with Crippen molar-refractivity contribution >= 4 is 15.9 Å². The summed E-state index contributed by atoms with van der Waals surface area (Å²) >= 11 is 3.45. The van der Waals surface area contributed by atoms with Crippen LogP contribution in [0, 0.1) is 0 Å². The molecule has 0 aliphatic heterocycles. The summed E-state index contributed by atoms with van der Waals surface area (Å²) in [5.41, 5.74) is 1.04. The van der Waals surface area contributed by atoms with E-state index in [1.165, 1.54) is 0 Å². The van der Waals surface area contributed by atoms with Crippen molar-refractivity contribution in [3.8, 4) is 5.75 Å². The molecule has 1 heterocycles. The van der Waals surface area contributed by atoms with E-state index in [-0.39, 0.29) is 0 Å². The van der Waals surface area contributed by atoms with Gasteiger partial charge < -0.3 is 4.74 Å². The van der Waals surface area contributed by atoms with Crippen molar-refractivity contribution in [1.82, 2.24) is 4.98 Å². The Labute approximate surface area is 97.1 Å². The maximum Gasteiger partial charge on any atom is 0.119 e. The monoisotopic (exact) mass is 263 g/mol. The van der Waals surface area contributed by atoms with Crippen LogP contribution < -0.4 is 4.74 Å². The SMILES string of the molecule is Brc1ccncc1COc1ccccc1. The first-order chi connectivity index (χ1) is 7.36. The molecule has 0 N–H and O–H groups in total. The third kappa shape index (κ3) is 2.80. The van der Waals surface area contributed by atoms with E-state index in [9.17, 15) is 0 Å². The molecule has 0 fully saturated rings. The molecule has 0 aliphatic rings. The van der Waals surface area contributed by atoms with Crippen LogP contribution in [-0.2, 0) is 6.61 Å². The van der Waals surface area contributed by atoms with Crippen LogP contribution in [0.25, 0.3) is 0 Å². The Hall–Kier alpha value is -1.35. The van der Waals surface area contributed by atoms with Crippen molar-refractivity contribution in [3.63, 3.8) is 0 Å². The number of hydrogen-bond donors (Lipinski definition) is 0. The van der Waals surface area contributed by atoms with Gasteiger partial charge in [-0.25, -0.2) is 0 Å². The minimum atomic E-state index is 0.526. The molecule has 2 aromatic rings. The lowest BCUT2D eigenvalue weighted by Gasteiger charge is -2.06. The van der Waals surface area contributed by atoms with Gasteiger partial charge in [0, 0.05) is 22.4 Å². The Kier molecular flexibility index (Phi) is 3.35. The maximum absolute atomic E-state index is 5.60. The number of nitrogens with zero attached hydrogens (tertiary/aromatic N) is 1. The lowest BCUT2D eigenvalue weighted by atomic mass is 10.3. The number of hydrogen-bond acceptors (Lipinski definition) is 2. The van der Waals surface area contributed by atoms with Gasteiger partial charge in [-0.1, -0.05) is 34.1 Å². The highest BCUT2D eigenvalue weighted by atomic mass is 79.9. The van der Waals surface area contributed by atoms with Crippen molar-refractivity contribution in [2.75, 3.05) is 0 Å². The minimum absolute atomic E-state index is 0.526. The summed E-state index contributed by atoms with van der Waals surface area (Å²) in [5, 5.41) is 0. The Morgan fingerprint density at radius 2 is 1.93 bits per heavy atom. The predicted molar refractivity (Wildman–Crippen MR) is 62.7 cm³/mol. The zero-order chi connectivity index (χ0) is 10.5. The van der Waals surface area contributed by atoms with Crippen LogP contribution in [0.5, 0.6) is 5.75 Å². The number of benzene rings is 1. The van der Waals surface area contributed by atoms with Crippen LogP contribution in [-0.4, -0.2) is 4.98 Å². The lowest BCUT2D eigenvalue weighted by Crippen LogP contribution is -1.96. The summed E-state index contributed by atoms with van der Waals surface area (Å²) < 4.78 is 6.62. The molecule has 0 bridgehead atoms. The second-order valence-corrected chi connectivity index (χ2v) is 3.92. The molecule has 15 heavy (non-hydrogen) atoms. The second-order valence-electron chi connectivity index (χ2n) is 3.07. The van der Waals surface area contributed by atoms with Gasteiger partial charge in [-0.2, -0.15) is 0 Å². The quantitative estimate of drug-likeness (QED) is 0.847. The van der Waals surface area contributed by atoms with Gasteiger partial charge in [-0.05, 0) is 18.2 Å². The van der Waals surface area contributed by atoms with E-state index in [2.05, 4.69) is 20.9 Å². The summed E-state index contributed by atoms with van der Waals surface area (Å²) in [6, 6.07) is 11.6. The van der Waals surface area contributed by atoms with E-state index in [0.29, 0.717) is 6.61 Å². The van der Waals surface area contributed by atoms with Crippen molar-refractivity contribution in [3.05, 3.63) is 58.8 Å². The van der Waals surface area contributed by atoms with Gasteiger partial charge in [0.25, 0.3) is 0 Å². The van der Waals surface area contributed by atoms with Gasteiger partial charge >= 0.3 is 0 Å². The van der Waals surface area contributed by atoms with Crippen LogP contribution >= 0.6 is 15.9 Å². The van der Waals surface area contributed by atoms with E-state index in [1.807, 2.05) is 36.4 Å². The summed E-state index contributed by atoms with van der Waals surface area (Å²) in [7, 11) is 0. The molecule has 0 radical (unpaired) electrons. The summed E-state index contributed by atoms with van der Waals surface area (Å²) in [6.45, 7) is 0.526. The van der Waals surface area contributed by atoms with Gasteiger partial charge in [0.2, 0.25) is 0 Å². The molecule has 1 aromatic heterocycles. The fourth-order valence-corrected chi connectivity index (χ4v) is 1.53. The maximum atomic E-state index is 5.60. The highest BCUT2D eigenvalue weighted by Crippen LogP contribution is 2.17. The lowest BCUT2D eigenvalue weighted by molar-refractivity contribution is 0.305. The number of ether oxygens (including phenoxy) is 1. The molecule has 0 unspecified atom stereocenters. The van der Waals surface area contributed by atoms with E-state index in [4.69, 9.17) is 4.74 Å². The van der Waals surface area contributed by atoms with Crippen LogP contribution in [0.3, 0.4) is 0 Å². The Bertz CT molecular complexity index is 431. The first-order valence-electron chi connectivity index (χ1n) is 4.62. The number of aromatic nitrogens is 1. The average molecular weight is 264 g/mol. The summed E-state index contributed by atoms with van der Waals surface area (Å²) in [4.78, 5) is 4.05. The number of pyridine rings is 1. The van der Waals surface area contributed by atoms with E-state index >= 15 is 0 Å². The zero-order valence-electron chi connectivity index (χ0n) is 8.06. The smallest absolute Gasteiger partial charge is 0.119 e. The van der Waals surface area contributed by atoms with Gasteiger partial charge in [0.05, 0.1) is 0 Å². The third-order valence-electron chi connectivity index (χ3n) is 1.98. The Balaban J connectivity index is 2.03. The molecule has 3 heteroatoms. The molecular weight excluding hydrogens is 254 g/mol. The average Bonchev–Trinajstić information content (AvgIpc) is 2.29. The fraction of sp³-hybridized carbons (Fsp3) is 0.0833. The predicted octanol–water partition coefficient (Wildman–Crippen LogP) is 3.42. The third-order valence-corrected chi connectivity index (χ3v) is 2.76. The van der Waals surface area contributed by atoms with Gasteiger partial charge in [0.15, 0.2) is 0 Å². The fourth-order valence-electron chi connectivity index (χ4n) is 1.19. The van der Waals surface area contributed by atoms with Crippen LogP contribution in [0.4, 0.5) is 0 Å². The molecule has 2 rings (SSSR count). The first-order valence-corrected chi connectivity index (χ1v) is 5.42. The highest BCUT2D eigenvalue weighted by molar-refractivity contribution is 9.10. The normalized spacial score (nSPS) is 9.93. The molecule has 0 saturated carbocycles. The van der Waals surface area contributed by atoms with Crippen LogP contribution in [0.15, 0.2) is 53.3 Å². The zero-order valence-corrected chi connectivity index (χ0v) is 9.65. The summed E-state index contributed by atoms with van der Waals surface area (Å²) in [5.74, 6) is 0.869. The number of halogens is 1. The molecule has 0 atom stereocenters. The second kappa shape index (κ2) is 4.94. The summed E-state index contributed by atoms with van der Waals surface area (Å²) in [6.07, 6.45) is 3.54. The van der Waals surface area contributed by atoms with Gasteiger partial charge in [0.1, 0.15) is 12.4 Å². The Morgan fingerprint density at radius 1 is 1.13 bits per heavy atom. The number of para-hydroxylation sites is 1. The van der Waals surface area contributed by atoms with Crippen LogP contribution in [0.1, 0.15) is 5.56 Å². The molecule has 76 valence electrons.